The molecule has 0 aliphatic heterocycles. The highest BCUT2D eigenvalue weighted by Crippen LogP contribution is 2.26. The smallest absolute Gasteiger partial charge is 0.291 e. The Bertz CT molecular complexity index is 777. The second-order valence-electron chi connectivity index (χ2n) is 4.95. The number of anilines is 1. The molecule has 22 heavy (non-hydrogen) atoms. The van der Waals surface area contributed by atoms with E-state index in [1.54, 1.807) is 24.8 Å². The van der Waals surface area contributed by atoms with Crippen LogP contribution in [0.1, 0.15) is 28.6 Å². The van der Waals surface area contributed by atoms with E-state index in [0.29, 0.717) is 5.76 Å². The minimum absolute atomic E-state index is 0.250. The summed E-state index contributed by atoms with van der Waals surface area (Å²) in [6.07, 6.45) is 5.58. The lowest BCUT2D eigenvalue weighted by Crippen LogP contribution is -2.14. The van der Waals surface area contributed by atoms with Crippen molar-refractivity contribution < 1.29 is 9.21 Å². The number of rotatable bonds is 4. The first-order chi connectivity index (χ1) is 10.7. The number of aryl methyl sites for hydroxylation is 2. The molecule has 0 saturated carbocycles. The van der Waals surface area contributed by atoms with Gasteiger partial charge in [0.25, 0.3) is 5.91 Å². The van der Waals surface area contributed by atoms with Gasteiger partial charge in [-0.05, 0) is 48.7 Å². The van der Waals surface area contributed by atoms with Gasteiger partial charge >= 0.3 is 0 Å². The number of amides is 1. The molecule has 0 spiro atoms. The molecule has 3 aromatic rings. The summed E-state index contributed by atoms with van der Waals surface area (Å²) >= 11 is 0. The van der Waals surface area contributed by atoms with Crippen molar-refractivity contribution in [1.82, 2.24) is 14.8 Å². The molecule has 0 saturated heterocycles. The lowest BCUT2D eigenvalue weighted by Gasteiger charge is -2.15. The molecule has 0 fully saturated rings. The summed E-state index contributed by atoms with van der Waals surface area (Å²) in [5.74, 6) is 0.0455. The van der Waals surface area contributed by atoms with Crippen LogP contribution in [-0.4, -0.2) is 20.7 Å². The van der Waals surface area contributed by atoms with Crippen LogP contribution in [-0.2, 0) is 6.42 Å². The number of nitrogens with zero attached hydrogens (tertiary/aromatic N) is 3. The molecular weight excluding hydrogens is 280 g/mol. The minimum Gasteiger partial charge on any atom is -0.459 e. The number of benzene rings is 1. The molecule has 0 bridgehead atoms. The van der Waals surface area contributed by atoms with Gasteiger partial charge in [0.2, 0.25) is 0 Å². The summed E-state index contributed by atoms with van der Waals surface area (Å²) in [6, 6.07) is 7.34. The molecule has 0 unspecified atom stereocenters. The summed E-state index contributed by atoms with van der Waals surface area (Å²) in [6.45, 7) is 4.01. The summed E-state index contributed by atoms with van der Waals surface area (Å²) in [4.78, 5) is 12.2. The Morgan fingerprint density at radius 3 is 2.73 bits per heavy atom. The monoisotopic (exact) mass is 296 g/mol. The van der Waals surface area contributed by atoms with E-state index in [1.165, 1.54) is 6.26 Å². The van der Waals surface area contributed by atoms with Crippen molar-refractivity contribution >= 4 is 11.6 Å². The number of furan rings is 1. The molecule has 0 atom stereocenters. The van der Waals surface area contributed by atoms with E-state index < -0.39 is 0 Å². The highest BCUT2D eigenvalue weighted by Gasteiger charge is 2.14. The first kappa shape index (κ1) is 14.1. The quantitative estimate of drug-likeness (QED) is 0.803. The van der Waals surface area contributed by atoms with Gasteiger partial charge in [-0.15, -0.1) is 10.2 Å². The van der Waals surface area contributed by atoms with Crippen LogP contribution in [0.15, 0.2) is 47.6 Å². The van der Waals surface area contributed by atoms with Gasteiger partial charge in [0, 0.05) is 11.4 Å². The van der Waals surface area contributed by atoms with E-state index in [9.17, 15) is 4.79 Å². The molecule has 1 N–H and O–H groups in total. The van der Waals surface area contributed by atoms with Gasteiger partial charge in [0.1, 0.15) is 12.7 Å². The third-order valence-corrected chi connectivity index (χ3v) is 3.48. The largest absolute Gasteiger partial charge is 0.459 e. The fraction of sp³-hybridized carbons (Fsp3) is 0.188. The van der Waals surface area contributed by atoms with Crippen LogP contribution in [0.5, 0.6) is 0 Å². The Kier molecular flexibility index (Phi) is 3.74. The van der Waals surface area contributed by atoms with Crippen molar-refractivity contribution in [3.05, 3.63) is 60.1 Å². The number of hydrogen-bond donors (Lipinski definition) is 1. The number of carbonyl (C=O) groups excluding carboxylic acids is 1. The molecule has 0 aliphatic rings. The minimum atomic E-state index is -0.250. The van der Waals surface area contributed by atoms with Crippen LogP contribution < -0.4 is 5.32 Å². The van der Waals surface area contributed by atoms with E-state index in [0.717, 1.165) is 28.9 Å². The zero-order valence-electron chi connectivity index (χ0n) is 12.4. The van der Waals surface area contributed by atoms with Crippen LogP contribution in [0.4, 0.5) is 5.69 Å². The van der Waals surface area contributed by atoms with E-state index in [4.69, 9.17) is 4.42 Å². The number of carbonyl (C=O) groups is 1. The van der Waals surface area contributed by atoms with Crippen LogP contribution in [0.25, 0.3) is 5.69 Å². The Labute approximate surface area is 127 Å². The third-order valence-electron chi connectivity index (χ3n) is 3.48. The first-order valence-electron chi connectivity index (χ1n) is 7.02. The van der Waals surface area contributed by atoms with Crippen molar-refractivity contribution in [1.29, 1.82) is 0 Å². The fourth-order valence-electron chi connectivity index (χ4n) is 2.36. The molecule has 6 heteroatoms. The number of hydrogen-bond acceptors (Lipinski definition) is 4. The Balaban J connectivity index is 1.96. The van der Waals surface area contributed by atoms with E-state index in [-0.39, 0.29) is 5.91 Å². The summed E-state index contributed by atoms with van der Waals surface area (Å²) in [7, 11) is 0. The van der Waals surface area contributed by atoms with E-state index in [2.05, 4.69) is 15.5 Å². The van der Waals surface area contributed by atoms with Gasteiger partial charge in [-0.1, -0.05) is 6.92 Å². The van der Waals surface area contributed by atoms with E-state index >= 15 is 0 Å². The zero-order chi connectivity index (χ0) is 15.5. The fourth-order valence-corrected chi connectivity index (χ4v) is 2.36. The van der Waals surface area contributed by atoms with Crippen LogP contribution in [0.2, 0.25) is 0 Å². The zero-order valence-corrected chi connectivity index (χ0v) is 12.4. The third kappa shape index (κ3) is 2.63. The molecule has 1 amide bonds. The Morgan fingerprint density at radius 2 is 2.09 bits per heavy atom. The predicted octanol–water partition coefficient (Wildman–Crippen LogP) is 2.98. The number of nitrogens with one attached hydrogen (secondary N) is 1. The normalized spacial score (nSPS) is 10.6. The molecule has 2 heterocycles. The van der Waals surface area contributed by atoms with Crippen molar-refractivity contribution in [3.8, 4) is 5.69 Å². The molecule has 112 valence electrons. The van der Waals surface area contributed by atoms with Crippen molar-refractivity contribution in [2.75, 3.05) is 5.32 Å². The maximum Gasteiger partial charge on any atom is 0.291 e. The molecule has 1 aromatic carbocycles. The predicted molar refractivity (Wildman–Crippen MR) is 82.1 cm³/mol. The molecule has 2 aromatic heterocycles. The lowest BCUT2D eigenvalue weighted by atomic mass is 10.0. The highest BCUT2D eigenvalue weighted by atomic mass is 16.3. The maximum atomic E-state index is 12.2. The second-order valence-corrected chi connectivity index (χ2v) is 4.95. The summed E-state index contributed by atoms with van der Waals surface area (Å²) < 4.78 is 6.97. The Morgan fingerprint density at radius 1 is 1.32 bits per heavy atom. The molecular formula is C16H16N4O2. The average molecular weight is 296 g/mol. The highest BCUT2D eigenvalue weighted by molar-refractivity contribution is 6.03. The van der Waals surface area contributed by atoms with E-state index in [1.807, 2.05) is 30.5 Å². The topological polar surface area (TPSA) is 73.0 Å². The summed E-state index contributed by atoms with van der Waals surface area (Å²) in [5.41, 5.74) is 3.81. The molecule has 0 radical (unpaired) electrons. The van der Waals surface area contributed by atoms with Gasteiger partial charge in [-0.25, -0.2) is 0 Å². The maximum absolute atomic E-state index is 12.2. The van der Waals surface area contributed by atoms with Gasteiger partial charge in [-0.2, -0.15) is 0 Å². The molecule has 0 aliphatic carbocycles. The van der Waals surface area contributed by atoms with Crippen molar-refractivity contribution in [3.63, 3.8) is 0 Å². The SMILES string of the molecule is CCc1cc(-n2cnnc2)cc(C)c1NC(=O)c1ccco1. The van der Waals surface area contributed by atoms with Gasteiger partial charge in [0.15, 0.2) is 5.76 Å². The van der Waals surface area contributed by atoms with Crippen LogP contribution in [0, 0.1) is 6.92 Å². The van der Waals surface area contributed by atoms with Crippen LogP contribution >= 0.6 is 0 Å². The van der Waals surface area contributed by atoms with Crippen LogP contribution in [0.3, 0.4) is 0 Å². The van der Waals surface area contributed by atoms with Gasteiger partial charge in [-0.3, -0.25) is 9.36 Å². The average Bonchev–Trinajstić information content (AvgIpc) is 3.22. The Hall–Kier alpha value is -2.89. The first-order valence-corrected chi connectivity index (χ1v) is 7.02. The van der Waals surface area contributed by atoms with Gasteiger partial charge in [0.05, 0.1) is 6.26 Å². The molecule has 6 nitrogen and oxygen atoms in total. The summed E-state index contributed by atoms with van der Waals surface area (Å²) in [5, 5.41) is 10.6. The lowest BCUT2D eigenvalue weighted by molar-refractivity contribution is 0.0996. The van der Waals surface area contributed by atoms with Gasteiger partial charge < -0.3 is 9.73 Å². The number of aromatic nitrogens is 3. The van der Waals surface area contributed by atoms with Crippen molar-refractivity contribution in [2.24, 2.45) is 0 Å². The second kappa shape index (κ2) is 5.85. The standard InChI is InChI=1S/C16H16N4O2/c1-3-12-8-13(20-9-17-18-10-20)7-11(2)15(12)19-16(21)14-5-4-6-22-14/h4-10H,3H2,1-2H3,(H,19,21). The molecule has 3 rings (SSSR count). The van der Waals surface area contributed by atoms with Crippen molar-refractivity contribution in [2.45, 2.75) is 20.3 Å².